The van der Waals surface area contributed by atoms with E-state index in [4.69, 9.17) is 15.3 Å². The molecule has 2 aromatic carbocycles. The maximum atomic E-state index is 8.85. The molecule has 5 nitrogen and oxygen atoms in total. The minimum atomic E-state index is 0.270. The zero-order chi connectivity index (χ0) is 18.0. The van der Waals surface area contributed by atoms with Crippen molar-refractivity contribution < 1.29 is 5.11 Å². The van der Waals surface area contributed by atoms with Gasteiger partial charge in [0.1, 0.15) is 11.4 Å². The van der Waals surface area contributed by atoms with Gasteiger partial charge in [-0.15, -0.1) is 0 Å². The van der Waals surface area contributed by atoms with Crippen LogP contribution in [0.25, 0.3) is 11.3 Å². The third kappa shape index (κ3) is 5.25. The Hall–Kier alpha value is -2.50. The van der Waals surface area contributed by atoms with E-state index in [0.717, 1.165) is 42.8 Å². The Labute approximate surface area is 154 Å². The van der Waals surface area contributed by atoms with Crippen LogP contribution >= 0.6 is 0 Å². The molecule has 0 bridgehead atoms. The fraction of sp³-hybridized carbons (Fsp3) is 0.333. The molecule has 0 atom stereocenters. The molecular weight excluding hydrogens is 324 g/mol. The first-order valence-electron chi connectivity index (χ1n) is 9.22. The number of aliphatic hydroxyl groups is 1. The van der Waals surface area contributed by atoms with E-state index in [0.29, 0.717) is 13.1 Å². The molecule has 3 rings (SSSR count). The minimum absolute atomic E-state index is 0.270. The number of nitrogens with zero attached hydrogens (tertiary/aromatic N) is 3. The molecule has 0 amide bonds. The molecule has 0 spiro atoms. The van der Waals surface area contributed by atoms with Crippen molar-refractivity contribution in [3.8, 4) is 11.3 Å². The maximum absolute atomic E-state index is 8.85. The lowest BCUT2D eigenvalue weighted by molar-refractivity contribution is 0.283. The summed E-state index contributed by atoms with van der Waals surface area (Å²) in [6.07, 6.45) is 2.96. The number of hydrogen-bond acceptors (Lipinski definition) is 4. The molecule has 0 aliphatic carbocycles. The van der Waals surface area contributed by atoms with Crippen LogP contribution in [-0.2, 0) is 13.1 Å². The molecule has 0 fully saturated rings. The van der Waals surface area contributed by atoms with Gasteiger partial charge in [0.15, 0.2) is 0 Å². The summed E-state index contributed by atoms with van der Waals surface area (Å²) in [6.45, 7) is 2.54. The Kier molecular flexibility index (Phi) is 6.93. The van der Waals surface area contributed by atoms with Crippen molar-refractivity contribution in [1.29, 1.82) is 0 Å². The van der Waals surface area contributed by atoms with Gasteiger partial charge in [-0.1, -0.05) is 60.7 Å². The van der Waals surface area contributed by atoms with Crippen LogP contribution in [-0.4, -0.2) is 33.3 Å². The van der Waals surface area contributed by atoms with Gasteiger partial charge in [0.05, 0.1) is 6.54 Å². The number of unbranched alkanes of at least 4 members (excludes halogenated alkanes) is 2. The Morgan fingerprint density at radius 3 is 2.31 bits per heavy atom. The summed E-state index contributed by atoms with van der Waals surface area (Å²) in [5.74, 6) is 0. The van der Waals surface area contributed by atoms with Crippen LogP contribution in [0.4, 0.5) is 0 Å². The molecule has 136 valence electrons. The van der Waals surface area contributed by atoms with Crippen molar-refractivity contribution in [2.24, 2.45) is 0 Å². The van der Waals surface area contributed by atoms with Crippen LogP contribution in [0.2, 0.25) is 0 Å². The topological polar surface area (TPSA) is 63.0 Å². The lowest BCUT2D eigenvalue weighted by atomic mass is 10.1. The maximum Gasteiger partial charge on any atom is 0.117 e. The van der Waals surface area contributed by atoms with Crippen molar-refractivity contribution in [3.63, 3.8) is 0 Å². The molecule has 0 saturated heterocycles. The summed E-state index contributed by atoms with van der Waals surface area (Å²) in [5.41, 5.74) is 4.17. The third-order valence-electron chi connectivity index (χ3n) is 4.24. The summed E-state index contributed by atoms with van der Waals surface area (Å²) in [7, 11) is 0. The summed E-state index contributed by atoms with van der Waals surface area (Å²) in [4.78, 5) is 1.78. The SMILES string of the molecule is OCCCCCNCc1nn(Cc2ccccc2)nc1-c1ccccc1. The predicted octanol–water partition coefficient (Wildman–Crippen LogP) is 3.25. The van der Waals surface area contributed by atoms with Crippen molar-refractivity contribution in [2.45, 2.75) is 32.4 Å². The zero-order valence-corrected chi connectivity index (χ0v) is 15.0. The van der Waals surface area contributed by atoms with Crippen LogP contribution < -0.4 is 5.32 Å². The van der Waals surface area contributed by atoms with Crippen LogP contribution in [0.1, 0.15) is 30.5 Å². The van der Waals surface area contributed by atoms with E-state index in [1.54, 1.807) is 4.80 Å². The first kappa shape index (κ1) is 18.3. The third-order valence-corrected chi connectivity index (χ3v) is 4.24. The second-order valence-electron chi connectivity index (χ2n) is 6.34. The van der Waals surface area contributed by atoms with Crippen LogP contribution in [0, 0.1) is 0 Å². The van der Waals surface area contributed by atoms with E-state index < -0.39 is 0 Å². The van der Waals surface area contributed by atoms with Gasteiger partial charge in [-0.25, -0.2) is 0 Å². The minimum Gasteiger partial charge on any atom is -0.396 e. The summed E-state index contributed by atoms with van der Waals surface area (Å²) < 4.78 is 0. The molecule has 0 aliphatic rings. The van der Waals surface area contributed by atoms with Crippen LogP contribution in [0.15, 0.2) is 60.7 Å². The van der Waals surface area contributed by atoms with Crippen molar-refractivity contribution in [3.05, 3.63) is 71.9 Å². The van der Waals surface area contributed by atoms with E-state index in [9.17, 15) is 0 Å². The largest absolute Gasteiger partial charge is 0.396 e. The Morgan fingerprint density at radius 2 is 1.58 bits per heavy atom. The number of nitrogens with one attached hydrogen (secondary N) is 1. The lowest BCUT2D eigenvalue weighted by Crippen LogP contribution is -2.16. The molecule has 0 saturated carbocycles. The van der Waals surface area contributed by atoms with E-state index in [1.807, 2.05) is 36.4 Å². The molecule has 2 N–H and O–H groups in total. The molecule has 0 radical (unpaired) electrons. The highest BCUT2D eigenvalue weighted by molar-refractivity contribution is 5.60. The van der Waals surface area contributed by atoms with E-state index in [2.05, 4.69) is 29.6 Å². The first-order valence-corrected chi connectivity index (χ1v) is 9.22. The molecular formula is C21H26N4O. The highest BCUT2D eigenvalue weighted by atomic mass is 16.2. The second-order valence-corrected chi connectivity index (χ2v) is 6.34. The van der Waals surface area contributed by atoms with Crippen molar-refractivity contribution >= 4 is 0 Å². The quantitative estimate of drug-likeness (QED) is 0.551. The summed E-state index contributed by atoms with van der Waals surface area (Å²) in [5, 5.41) is 21.8. The lowest BCUT2D eigenvalue weighted by Gasteiger charge is -2.04. The summed E-state index contributed by atoms with van der Waals surface area (Å²) >= 11 is 0. The van der Waals surface area contributed by atoms with Crippen LogP contribution in [0.3, 0.4) is 0 Å². The average Bonchev–Trinajstić information content (AvgIpc) is 3.08. The van der Waals surface area contributed by atoms with E-state index in [-0.39, 0.29) is 6.61 Å². The van der Waals surface area contributed by atoms with Gasteiger partial charge >= 0.3 is 0 Å². The smallest absolute Gasteiger partial charge is 0.117 e. The van der Waals surface area contributed by atoms with Gasteiger partial charge < -0.3 is 10.4 Å². The zero-order valence-electron chi connectivity index (χ0n) is 15.0. The molecule has 0 unspecified atom stereocenters. The Morgan fingerprint density at radius 1 is 0.846 bits per heavy atom. The van der Waals surface area contributed by atoms with Gasteiger partial charge in [0, 0.05) is 18.7 Å². The molecule has 1 heterocycles. The molecule has 26 heavy (non-hydrogen) atoms. The number of hydrogen-bond donors (Lipinski definition) is 2. The number of aliphatic hydroxyl groups excluding tert-OH is 1. The van der Waals surface area contributed by atoms with E-state index >= 15 is 0 Å². The highest BCUT2D eigenvalue weighted by Crippen LogP contribution is 2.20. The number of aromatic nitrogens is 3. The fourth-order valence-corrected chi connectivity index (χ4v) is 2.88. The molecule has 5 heteroatoms. The first-order chi connectivity index (χ1) is 12.9. The number of benzene rings is 2. The van der Waals surface area contributed by atoms with Crippen molar-refractivity contribution in [2.75, 3.05) is 13.2 Å². The number of rotatable bonds is 10. The molecule has 3 aromatic rings. The highest BCUT2D eigenvalue weighted by Gasteiger charge is 2.13. The molecule has 0 aliphatic heterocycles. The Balaban J connectivity index is 1.71. The van der Waals surface area contributed by atoms with Gasteiger partial charge in [-0.3, -0.25) is 0 Å². The van der Waals surface area contributed by atoms with Gasteiger partial charge in [0.25, 0.3) is 0 Å². The van der Waals surface area contributed by atoms with Gasteiger partial charge in [-0.05, 0) is 31.4 Å². The molecule has 1 aromatic heterocycles. The fourth-order valence-electron chi connectivity index (χ4n) is 2.88. The second kappa shape index (κ2) is 9.85. The van der Waals surface area contributed by atoms with Crippen LogP contribution in [0.5, 0.6) is 0 Å². The normalized spacial score (nSPS) is 11.0. The van der Waals surface area contributed by atoms with Gasteiger partial charge in [0.2, 0.25) is 0 Å². The predicted molar refractivity (Wildman–Crippen MR) is 104 cm³/mol. The van der Waals surface area contributed by atoms with E-state index in [1.165, 1.54) is 5.56 Å². The average molecular weight is 350 g/mol. The standard InChI is InChI=1S/C21H26N4O/c26-15-9-3-8-14-22-16-20-21(19-12-6-2-7-13-19)24-25(23-20)17-18-10-4-1-5-11-18/h1-2,4-7,10-13,22,26H,3,8-9,14-17H2. The Bertz CT molecular complexity index is 771. The summed E-state index contributed by atoms with van der Waals surface area (Å²) in [6, 6.07) is 20.5. The van der Waals surface area contributed by atoms with Gasteiger partial charge in [-0.2, -0.15) is 15.0 Å². The van der Waals surface area contributed by atoms with Crippen molar-refractivity contribution in [1.82, 2.24) is 20.3 Å². The monoisotopic (exact) mass is 350 g/mol.